The Kier molecular flexibility index (Phi) is 6.58. The van der Waals surface area contributed by atoms with Gasteiger partial charge in [0.15, 0.2) is 15.9 Å². The fraction of sp³-hybridized carbons (Fsp3) is 0.556. The van der Waals surface area contributed by atoms with Crippen LogP contribution in [0.25, 0.3) is 0 Å². The molecular formula is C18H25NO5S. The molecule has 0 heterocycles. The summed E-state index contributed by atoms with van der Waals surface area (Å²) in [6, 6.07) is 5.61. The second-order valence-electron chi connectivity index (χ2n) is 6.54. The van der Waals surface area contributed by atoms with Crippen molar-refractivity contribution in [3.8, 4) is 0 Å². The van der Waals surface area contributed by atoms with Crippen molar-refractivity contribution in [2.75, 3.05) is 6.26 Å². The molecular weight excluding hydrogens is 342 g/mol. The van der Waals surface area contributed by atoms with Crippen molar-refractivity contribution in [1.82, 2.24) is 5.32 Å². The van der Waals surface area contributed by atoms with E-state index in [2.05, 4.69) is 5.32 Å². The standard InChI is InChI=1S/C18H25NO5S/c1-13(17(20)19-15-7-5-3-4-6-8-15)24-18(21)14-9-11-16(12-10-14)25(2,22)23/h9-13,15H,3-8H2,1-2H3,(H,19,20)/t13-/m0/s1. The predicted molar refractivity (Wildman–Crippen MR) is 94.1 cm³/mol. The van der Waals surface area contributed by atoms with Gasteiger partial charge in [-0.05, 0) is 44.0 Å². The minimum absolute atomic E-state index is 0.128. The Labute approximate surface area is 148 Å². The summed E-state index contributed by atoms with van der Waals surface area (Å²) in [7, 11) is -3.32. The number of hydrogen-bond acceptors (Lipinski definition) is 5. The maximum Gasteiger partial charge on any atom is 0.338 e. The Morgan fingerprint density at radius 1 is 1.08 bits per heavy atom. The van der Waals surface area contributed by atoms with Gasteiger partial charge in [0.2, 0.25) is 0 Å². The normalized spacial score (nSPS) is 17.4. The average Bonchev–Trinajstić information content (AvgIpc) is 2.82. The molecule has 0 unspecified atom stereocenters. The van der Waals surface area contributed by atoms with Crippen molar-refractivity contribution in [2.45, 2.75) is 62.5 Å². The van der Waals surface area contributed by atoms with Crippen LogP contribution >= 0.6 is 0 Å². The van der Waals surface area contributed by atoms with Crippen LogP contribution in [0.4, 0.5) is 0 Å². The number of sulfone groups is 1. The fourth-order valence-electron chi connectivity index (χ4n) is 2.86. The number of benzene rings is 1. The first kappa shape index (κ1) is 19.4. The SMILES string of the molecule is C[C@H](OC(=O)c1ccc(S(C)(=O)=O)cc1)C(=O)NC1CCCCCC1. The van der Waals surface area contributed by atoms with E-state index in [1.165, 1.54) is 44.0 Å². The first-order chi connectivity index (χ1) is 11.8. The van der Waals surface area contributed by atoms with E-state index in [9.17, 15) is 18.0 Å². The summed E-state index contributed by atoms with van der Waals surface area (Å²) in [4.78, 5) is 24.5. The summed E-state index contributed by atoms with van der Waals surface area (Å²) in [6.07, 6.45) is 6.71. The van der Waals surface area contributed by atoms with Gasteiger partial charge < -0.3 is 10.1 Å². The van der Waals surface area contributed by atoms with Crippen LogP contribution in [0, 0.1) is 0 Å². The molecule has 1 atom stereocenters. The van der Waals surface area contributed by atoms with Crippen molar-refractivity contribution < 1.29 is 22.7 Å². The van der Waals surface area contributed by atoms with Gasteiger partial charge in [0.1, 0.15) is 0 Å². The van der Waals surface area contributed by atoms with Crippen LogP contribution in [0.3, 0.4) is 0 Å². The lowest BCUT2D eigenvalue weighted by Gasteiger charge is -2.19. The molecule has 138 valence electrons. The molecule has 1 fully saturated rings. The fourth-order valence-corrected chi connectivity index (χ4v) is 3.49. The molecule has 1 aromatic carbocycles. The molecule has 1 aliphatic rings. The van der Waals surface area contributed by atoms with E-state index in [0.717, 1.165) is 31.9 Å². The molecule has 0 spiro atoms. The second-order valence-corrected chi connectivity index (χ2v) is 8.56. The maximum absolute atomic E-state index is 12.2. The van der Waals surface area contributed by atoms with Gasteiger partial charge in [0.25, 0.3) is 5.91 Å². The Hall–Kier alpha value is -1.89. The number of nitrogens with one attached hydrogen (secondary N) is 1. The smallest absolute Gasteiger partial charge is 0.338 e. The van der Waals surface area contributed by atoms with Gasteiger partial charge in [0, 0.05) is 12.3 Å². The van der Waals surface area contributed by atoms with Gasteiger partial charge in [-0.15, -0.1) is 0 Å². The molecule has 0 saturated heterocycles. The zero-order valence-corrected chi connectivity index (χ0v) is 15.5. The topological polar surface area (TPSA) is 89.5 Å². The number of amides is 1. The van der Waals surface area contributed by atoms with E-state index < -0.39 is 21.9 Å². The van der Waals surface area contributed by atoms with Gasteiger partial charge in [-0.2, -0.15) is 0 Å². The third kappa shape index (κ3) is 5.85. The van der Waals surface area contributed by atoms with Gasteiger partial charge in [-0.3, -0.25) is 4.79 Å². The second kappa shape index (κ2) is 8.47. The van der Waals surface area contributed by atoms with E-state index in [1.54, 1.807) is 0 Å². The predicted octanol–water partition coefficient (Wildman–Crippen LogP) is 2.47. The zero-order valence-electron chi connectivity index (χ0n) is 14.7. The molecule has 1 N–H and O–H groups in total. The largest absolute Gasteiger partial charge is 0.449 e. The molecule has 1 amide bonds. The lowest BCUT2D eigenvalue weighted by molar-refractivity contribution is -0.129. The summed E-state index contributed by atoms with van der Waals surface area (Å²) in [5.41, 5.74) is 0.210. The van der Waals surface area contributed by atoms with E-state index >= 15 is 0 Å². The lowest BCUT2D eigenvalue weighted by atomic mass is 10.1. The molecule has 7 heteroatoms. The van der Waals surface area contributed by atoms with Crippen LogP contribution in [-0.2, 0) is 19.4 Å². The molecule has 0 aromatic heterocycles. The first-order valence-corrected chi connectivity index (χ1v) is 10.5. The van der Waals surface area contributed by atoms with Crippen molar-refractivity contribution in [3.05, 3.63) is 29.8 Å². The van der Waals surface area contributed by atoms with Crippen molar-refractivity contribution >= 4 is 21.7 Å². The molecule has 0 aliphatic heterocycles. The minimum Gasteiger partial charge on any atom is -0.449 e. The third-order valence-corrected chi connectivity index (χ3v) is 5.50. The maximum atomic E-state index is 12.2. The molecule has 25 heavy (non-hydrogen) atoms. The quantitative estimate of drug-likeness (QED) is 0.638. The monoisotopic (exact) mass is 367 g/mol. The summed E-state index contributed by atoms with van der Waals surface area (Å²) in [6.45, 7) is 1.54. The highest BCUT2D eigenvalue weighted by Crippen LogP contribution is 2.17. The van der Waals surface area contributed by atoms with E-state index in [1.807, 2.05) is 0 Å². The Balaban J connectivity index is 1.91. The number of hydrogen-bond donors (Lipinski definition) is 1. The zero-order chi connectivity index (χ0) is 18.4. The highest BCUT2D eigenvalue weighted by molar-refractivity contribution is 7.90. The van der Waals surface area contributed by atoms with Crippen LogP contribution in [0.15, 0.2) is 29.2 Å². The number of rotatable bonds is 5. The van der Waals surface area contributed by atoms with E-state index in [-0.39, 0.29) is 22.4 Å². The molecule has 1 aliphatic carbocycles. The molecule has 2 rings (SSSR count). The molecule has 1 saturated carbocycles. The minimum atomic E-state index is -3.32. The Morgan fingerprint density at radius 2 is 1.64 bits per heavy atom. The average molecular weight is 367 g/mol. The number of ether oxygens (including phenoxy) is 1. The van der Waals surface area contributed by atoms with Gasteiger partial charge in [-0.25, -0.2) is 13.2 Å². The molecule has 0 radical (unpaired) electrons. The third-order valence-electron chi connectivity index (χ3n) is 4.37. The number of carbonyl (C=O) groups excluding carboxylic acids is 2. The first-order valence-electron chi connectivity index (χ1n) is 8.59. The molecule has 6 nitrogen and oxygen atoms in total. The van der Waals surface area contributed by atoms with Crippen LogP contribution in [-0.4, -0.2) is 38.7 Å². The van der Waals surface area contributed by atoms with Gasteiger partial charge >= 0.3 is 5.97 Å². The van der Waals surface area contributed by atoms with Crippen molar-refractivity contribution in [2.24, 2.45) is 0 Å². The Bertz CT molecular complexity index is 703. The summed E-state index contributed by atoms with van der Waals surface area (Å²) in [5, 5.41) is 2.95. The van der Waals surface area contributed by atoms with E-state index in [0.29, 0.717) is 0 Å². The van der Waals surface area contributed by atoms with Gasteiger partial charge in [-0.1, -0.05) is 25.7 Å². The van der Waals surface area contributed by atoms with Crippen LogP contribution in [0.5, 0.6) is 0 Å². The van der Waals surface area contributed by atoms with Gasteiger partial charge in [0.05, 0.1) is 10.5 Å². The highest BCUT2D eigenvalue weighted by atomic mass is 32.2. The van der Waals surface area contributed by atoms with Crippen molar-refractivity contribution in [1.29, 1.82) is 0 Å². The number of esters is 1. The summed E-state index contributed by atoms with van der Waals surface area (Å²) >= 11 is 0. The lowest BCUT2D eigenvalue weighted by Crippen LogP contribution is -2.41. The Morgan fingerprint density at radius 3 is 2.16 bits per heavy atom. The highest BCUT2D eigenvalue weighted by Gasteiger charge is 2.22. The molecule has 0 bridgehead atoms. The van der Waals surface area contributed by atoms with Crippen LogP contribution in [0.1, 0.15) is 55.8 Å². The van der Waals surface area contributed by atoms with Crippen LogP contribution in [0.2, 0.25) is 0 Å². The van der Waals surface area contributed by atoms with E-state index in [4.69, 9.17) is 4.74 Å². The molecule has 1 aromatic rings. The number of carbonyl (C=O) groups is 2. The van der Waals surface area contributed by atoms with Crippen molar-refractivity contribution in [3.63, 3.8) is 0 Å². The van der Waals surface area contributed by atoms with Crippen LogP contribution < -0.4 is 5.32 Å². The summed E-state index contributed by atoms with van der Waals surface area (Å²) < 4.78 is 28.0. The summed E-state index contributed by atoms with van der Waals surface area (Å²) in [5.74, 6) is -0.948.